The van der Waals surface area contributed by atoms with E-state index in [1.54, 1.807) is 24.3 Å². The Bertz CT molecular complexity index is 433. The molecule has 96 valence electrons. The van der Waals surface area contributed by atoms with Gasteiger partial charge in [0.25, 0.3) is 0 Å². The zero-order valence-corrected chi connectivity index (χ0v) is 10.0. The average molecular weight is 248 g/mol. The van der Waals surface area contributed by atoms with E-state index < -0.39 is 11.8 Å². The molecule has 0 unspecified atom stereocenters. The van der Waals surface area contributed by atoms with Crippen LogP contribution in [0.4, 0.5) is 5.69 Å². The minimum Gasteiger partial charge on any atom is -0.394 e. The van der Waals surface area contributed by atoms with Crippen molar-refractivity contribution in [3.05, 3.63) is 30.3 Å². The topological polar surface area (TPSA) is 69.6 Å². The normalized spacial score (nSPS) is 18.7. The number of amides is 2. The Morgan fingerprint density at radius 2 is 2.06 bits per heavy atom. The Hall–Kier alpha value is -1.88. The van der Waals surface area contributed by atoms with Gasteiger partial charge in [0.2, 0.25) is 0 Å². The van der Waals surface area contributed by atoms with Crippen molar-refractivity contribution in [3.8, 4) is 0 Å². The summed E-state index contributed by atoms with van der Waals surface area (Å²) in [5.41, 5.74) is 0.593. The second-order valence-electron chi connectivity index (χ2n) is 4.30. The summed E-state index contributed by atoms with van der Waals surface area (Å²) in [4.78, 5) is 25.1. The van der Waals surface area contributed by atoms with Crippen molar-refractivity contribution < 1.29 is 14.7 Å². The van der Waals surface area contributed by atoms with Crippen LogP contribution >= 0.6 is 0 Å². The highest BCUT2D eigenvalue weighted by Crippen LogP contribution is 2.17. The first kappa shape index (κ1) is 12.6. The van der Waals surface area contributed by atoms with E-state index in [2.05, 4.69) is 5.32 Å². The molecule has 18 heavy (non-hydrogen) atoms. The largest absolute Gasteiger partial charge is 0.394 e. The molecule has 0 saturated carbocycles. The van der Waals surface area contributed by atoms with Crippen molar-refractivity contribution in [1.82, 2.24) is 4.90 Å². The molecule has 1 saturated heterocycles. The monoisotopic (exact) mass is 248 g/mol. The number of benzene rings is 1. The van der Waals surface area contributed by atoms with Crippen LogP contribution in [-0.2, 0) is 9.59 Å². The third kappa shape index (κ3) is 2.68. The molecule has 0 bridgehead atoms. The maximum atomic E-state index is 11.9. The van der Waals surface area contributed by atoms with Crippen molar-refractivity contribution in [1.29, 1.82) is 0 Å². The predicted octanol–water partition coefficient (Wildman–Crippen LogP) is 0.608. The lowest BCUT2D eigenvalue weighted by Crippen LogP contribution is -2.43. The van der Waals surface area contributed by atoms with E-state index in [-0.39, 0.29) is 12.6 Å². The molecule has 0 radical (unpaired) electrons. The van der Waals surface area contributed by atoms with Gasteiger partial charge in [-0.2, -0.15) is 0 Å². The average Bonchev–Trinajstić information content (AvgIpc) is 2.87. The molecule has 5 heteroatoms. The fourth-order valence-electron chi connectivity index (χ4n) is 2.13. The lowest BCUT2D eigenvalue weighted by molar-refractivity contribution is -0.144. The van der Waals surface area contributed by atoms with E-state index in [9.17, 15) is 9.59 Å². The van der Waals surface area contributed by atoms with Gasteiger partial charge < -0.3 is 15.3 Å². The van der Waals surface area contributed by atoms with Gasteiger partial charge in [0.1, 0.15) is 0 Å². The maximum Gasteiger partial charge on any atom is 0.313 e. The SMILES string of the molecule is O=C(Nc1ccccc1)C(=O)N1CCC[C@@H]1CO. The third-order valence-corrected chi connectivity index (χ3v) is 3.07. The van der Waals surface area contributed by atoms with Crippen LogP contribution in [0, 0.1) is 0 Å². The fraction of sp³-hybridized carbons (Fsp3) is 0.385. The lowest BCUT2D eigenvalue weighted by Gasteiger charge is -2.22. The molecule has 0 spiro atoms. The quantitative estimate of drug-likeness (QED) is 0.753. The maximum absolute atomic E-state index is 11.9. The molecule has 1 aliphatic rings. The molecule has 2 rings (SSSR count). The van der Waals surface area contributed by atoms with Gasteiger partial charge in [-0.05, 0) is 25.0 Å². The second kappa shape index (κ2) is 5.64. The first-order valence-corrected chi connectivity index (χ1v) is 6.00. The van der Waals surface area contributed by atoms with Gasteiger partial charge in [-0.15, -0.1) is 0 Å². The summed E-state index contributed by atoms with van der Waals surface area (Å²) in [6, 6.07) is 8.62. The molecule has 5 nitrogen and oxygen atoms in total. The Morgan fingerprint density at radius 3 is 2.72 bits per heavy atom. The smallest absolute Gasteiger partial charge is 0.313 e. The number of nitrogens with one attached hydrogen (secondary N) is 1. The number of anilines is 1. The van der Waals surface area contributed by atoms with Crippen molar-refractivity contribution in [2.45, 2.75) is 18.9 Å². The number of hydrogen-bond acceptors (Lipinski definition) is 3. The second-order valence-corrected chi connectivity index (χ2v) is 4.30. The number of carbonyl (C=O) groups excluding carboxylic acids is 2. The highest BCUT2D eigenvalue weighted by molar-refractivity contribution is 6.39. The number of aliphatic hydroxyl groups is 1. The molecular formula is C13H16N2O3. The first-order valence-electron chi connectivity index (χ1n) is 6.00. The lowest BCUT2D eigenvalue weighted by atomic mass is 10.2. The number of likely N-dealkylation sites (tertiary alicyclic amines) is 1. The summed E-state index contributed by atoms with van der Waals surface area (Å²) in [7, 11) is 0. The van der Waals surface area contributed by atoms with Crippen LogP contribution in [-0.4, -0.2) is 41.0 Å². The Balaban J connectivity index is 1.99. The molecule has 1 heterocycles. The number of rotatable bonds is 2. The molecule has 1 aromatic rings. The van der Waals surface area contributed by atoms with Gasteiger partial charge in [-0.3, -0.25) is 9.59 Å². The van der Waals surface area contributed by atoms with E-state index >= 15 is 0 Å². The fourth-order valence-corrected chi connectivity index (χ4v) is 2.13. The van der Waals surface area contributed by atoms with Crippen LogP contribution in [0.25, 0.3) is 0 Å². The number of carbonyl (C=O) groups is 2. The molecular weight excluding hydrogens is 232 g/mol. The molecule has 1 atom stereocenters. The molecule has 1 aromatic carbocycles. The first-order chi connectivity index (χ1) is 8.72. The summed E-state index contributed by atoms with van der Waals surface area (Å²) < 4.78 is 0. The van der Waals surface area contributed by atoms with Crippen LogP contribution < -0.4 is 5.32 Å². The van der Waals surface area contributed by atoms with E-state index in [1.807, 2.05) is 6.07 Å². The van der Waals surface area contributed by atoms with Crippen molar-refractivity contribution in [2.24, 2.45) is 0 Å². The minimum absolute atomic E-state index is 0.0929. The van der Waals surface area contributed by atoms with Gasteiger partial charge in [0, 0.05) is 12.2 Å². The van der Waals surface area contributed by atoms with Crippen LogP contribution in [0.5, 0.6) is 0 Å². The molecule has 2 N–H and O–H groups in total. The number of hydrogen-bond donors (Lipinski definition) is 2. The van der Waals surface area contributed by atoms with Gasteiger partial charge in [-0.25, -0.2) is 0 Å². The molecule has 2 amide bonds. The summed E-state index contributed by atoms with van der Waals surface area (Å²) in [6.07, 6.45) is 1.58. The highest BCUT2D eigenvalue weighted by atomic mass is 16.3. The van der Waals surface area contributed by atoms with Crippen LogP contribution in [0.15, 0.2) is 30.3 Å². The Labute approximate surface area is 105 Å². The molecule has 0 aliphatic carbocycles. The number of para-hydroxylation sites is 1. The zero-order chi connectivity index (χ0) is 13.0. The summed E-state index contributed by atoms with van der Waals surface area (Å²) >= 11 is 0. The van der Waals surface area contributed by atoms with Crippen molar-refractivity contribution in [3.63, 3.8) is 0 Å². The number of nitrogens with zero attached hydrogens (tertiary/aromatic N) is 1. The van der Waals surface area contributed by atoms with Crippen molar-refractivity contribution >= 4 is 17.5 Å². The van der Waals surface area contributed by atoms with Crippen LogP contribution in [0.1, 0.15) is 12.8 Å². The highest BCUT2D eigenvalue weighted by Gasteiger charge is 2.31. The Kier molecular flexibility index (Phi) is 3.94. The predicted molar refractivity (Wildman–Crippen MR) is 66.9 cm³/mol. The molecule has 1 fully saturated rings. The van der Waals surface area contributed by atoms with Crippen LogP contribution in [0.2, 0.25) is 0 Å². The van der Waals surface area contributed by atoms with E-state index in [1.165, 1.54) is 4.90 Å². The van der Waals surface area contributed by atoms with E-state index in [4.69, 9.17) is 5.11 Å². The van der Waals surface area contributed by atoms with Crippen molar-refractivity contribution in [2.75, 3.05) is 18.5 Å². The van der Waals surface area contributed by atoms with Gasteiger partial charge >= 0.3 is 11.8 Å². The molecule has 0 aromatic heterocycles. The standard InChI is InChI=1S/C13H16N2O3/c16-9-11-7-4-8-15(11)13(18)12(17)14-10-5-2-1-3-6-10/h1-3,5-6,11,16H,4,7-9H2,(H,14,17)/t11-/m1/s1. The third-order valence-electron chi connectivity index (χ3n) is 3.07. The zero-order valence-electron chi connectivity index (χ0n) is 10.0. The summed E-state index contributed by atoms with van der Waals surface area (Å²) in [6.45, 7) is 0.441. The van der Waals surface area contributed by atoms with Gasteiger partial charge in [-0.1, -0.05) is 18.2 Å². The van der Waals surface area contributed by atoms with Crippen LogP contribution in [0.3, 0.4) is 0 Å². The minimum atomic E-state index is -0.651. The Morgan fingerprint density at radius 1 is 1.33 bits per heavy atom. The molecule has 1 aliphatic heterocycles. The summed E-state index contributed by atoms with van der Waals surface area (Å²) in [5.74, 6) is -1.23. The van der Waals surface area contributed by atoms with Gasteiger partial charge in [0.15, 0.2) is 0 Å². The van der Waals surface area contributed by atoms with E-state index in [0.29, 0.717) is 12.2 Å². The van der Waals surface area contributed by atoms with Gasteiger partial charge in [0.05, 0.1) is 12.6 Å². The summed E-state index contributed by atoms with van der Waals surface area (Å²) in [5, 5.41) is 11.7. The number of aliphatic hydroxyl groups excluding tert-OH is 1. The van der Waals surface area contributed by atoms with E-state index in [0.717, 1.165) is 12.8 Å².